The monoisotopic (exact) mass is 196 g/mol. The fourth-order valence-corrected chi connectivity index (χ4v) is 1.01. The smallest absolute Gasteiger partial charge is 0.540 e. The molecule has 0 saturated carbocycles. The van der Waals surface area contributed by atoms with Gasteiger partial charge in [0.15, 0.2) is 5.76 Å². The summed E-state index contributed by atoms with van der Waals surface area (Å²) in [4.78, 5) is 17.8. The zero-order chi connectivity index (χ0) is 9.97. The third-order valence-electron chi connectivity index (χ3n) is 1.63. The van der Waals surface area contributed by atoms with Gasteiger partial charge in [-0.15, -0.1) is 0 Å². The second-order valence-electron chi connectivity index (χ2n) is 2.56. The first-order chi connectivity index (χ1) is 6.77. The van der Waals surface area contributed by atoms with Gasteiger partial charge in [0.05, 0.1) is 6.20 Å². The van der Waals surface area contributed by atoms with E-state index in [1.54, 1.807) is 24.5 Å². The Kier molecular flexibility index (Phi) is 3.66. The molecule has 2 heterocycles. The molecular formula is C9H5LiN2O3. The van der Waals surface area contributed by atoms with Crippen molar-refractivity contribution in [2.24, 2.45) is 0 Å². The minimum absolute atomic E-state index is 0. The van der Waals surface area contributed by atoms with Crippen molar-refractivity contribution in [3.63, 3.8) is 0 Å². The molecule has 0 bridgehead atoms. The number of pyridine rings is 1. The first-order valence-corrected chi connectivity index (χ1v) is 3.85. The Morgan fingerprint density at radius 3 is 2.73 bits per heavy atom. The molecule has 2 rings (SSSR count). The Morgan fingerprint density at radius 1 is 1.40 bits per heavy atom. The van der Waals surface area contributed by atoms with Crippen molar-refractivity contribution in [1.82, 2.24) is 9.97 Å². The van der Waals surface area contributed by atoms with E-state index in [-0.39, 0.29) is 18.9 Å². The number of hydrogen-bond acceptors (Lipinski definition) is 5. The van der Waals surface area contributed by atoms with Crippen molar-refractivity contribution >= 4 is 5.97 Å². The minimum Gasteiger partial charge on any atom is -0.540 e. The van der Waals surface area contributed by atoms with Crippen LogP contribution in [0, 0.1) is 0 Å². The maximum absolute atomic E-state index is 10.4. The van der Waals surface area contributed by atoms with E-state index in [0.29, 0.717) is 11.3 Å². The van der Waals surface area contributed by atoms with E-state index in [4.69, 9.17) is 4.42 Å². The molecule has 0 aromatic carbocycles. The summed E-state index contributed by atoms with van der Waals surface area (Å²) in [6, 6.07) is 3.46. The molecule has 5 nitrogen and oxygen atoms in total. The number of aromatic nitrogens is 2. The number of carboxylic acid groups (broad SMARTS) is 1. The van der Waals surface area contributed by atoms with Crippen molar-refractivity contribution in [2.45, 2.75) is 0 Å². The van der Waals surface area contributed by atoms with Gasteiger partial charge in [-0.1, -0.05) is 0 Å². The summed E-state index contributed by atoms with van der Waals surface area (Å²) in [5.41, 5.74) is 0.674. The average Bonchev–Trinajstić information content (AvgIpc) is 2.68. The maximum Gasteiger partial charge on any atom is 1.00 e. The molecule has 0 spiro atoms. The van der Waals surface area contributed by atoms with E-state index in [2.05, 4.69) is 9.97 Å². The molecule has 0 unspecified atom stereocenters. The average molecular weight is 196 g/mol. The van der Waals surface area contributed by atoms with Crippen LogP contribution in [-0.4, -0.2) is 15.9 Å². The van der Waals surface area contributed by atoms with Gasteiger partial charge in [0.1, 0.15) is 5.97 Å². The first kappa shape index (κ1) is 11.5. The third kappa shape index (κ3) is 2.46. The summed E-state index contributed by atoms with van der Waals surface area (Å²) in [7, 11) is 0. The summed E-state index contributed by atoms with van der Waals surface area (Å²) >= 11 is 0. The Balaban J connectivity index is 0.00000112. The van der Waals surface area contributed by atoms with E-state index >= 15 is 0 Å². The number of hydrogen-bond donors (Lipinski definition) is 0. The van der Waals surface area contributed by atoms with Crippen LogP contribution < -0.4 is 24.0 Å². The second-order valence-corrected chi connectivity index (χ2v) is 2.56. The van der Waals surface area contributed by atoms with Gasteiger partial charge in [-0.3, -0.25) is 4.98 Å². The van der Waals surface area contributed by atoms with Crippen molar-refractivity contribution in [1.29, 1.82) is 0 Å². The molecule has 70 valence electrons. The topological polar surface area (TPSA) is 79.0 Å². The van der Waals surface area contributed by atoms with Crippen molar-refractivity contribution in [3.05, 3.63) is 36.6 Å². The Hall–Kier alpha value is -1.57. The van der Waals surface area contributed by atoms with Crippen LogP contribution in [0.25, 0.3) is 11.3 Å². The van der Waals surface area contributed by atoms with Gasteiger partial charge in [0.25, 0.3) is 0 Å². The van der Waals surface area contributed by atoms with Crippen LogP contribution in [0.15, 0.2) is 35.1 Å². The molecule has 0 radical (unpaired) electrons. The number of nitrogens with zero attached hydrogens (tertiary/aromatic N) is 2. The zero-order valence-corrected chi connectivity index (χ0v) is 8.01. The van der Waals surface area contributed by atoms with Gasteiger partial charge >= 0.3 is 18.9 Å². The molecule has 15 heavy (non-hydrogen) atoms. The fourth-order valence-electron chi connectivity index (χ4n) is 1.01. The van der Waals surface area contributed by atoms with Crippen LogP contribution in [-0.2, 0) is 0 Å². The number of carbonyl (C=O) groups excluding carboxylic acids is 1. The van der Waals surface area contributed by atoms with E-state index in [9.17, 15) is 9.90 Å². The maximum atomic E-state index is 10.4. The molecule has 0 atom stereocenters. The fraction of sp³-hybridized carbons (Fsp3) is 0. The van der Waals surface area contributed by atoms with Crippen LogP contribution in [0.1, 0.15) is 10.7 Å². The molecule has 0 fully saturated rings. The summed E-state index contributed by atoms with van der Waals surface area (Å²) in [6.45, 7) is 0. The second kappa shape index (κ2) is 4.78. The van der Waals surface area contributed by atoms with Crippen molar-refractivity contribution in [2.75, 3.05) is 0 Å². The van der Waals surface area contributed by atoms with Crippen LogP contribution >= 0.6 is 0 Å². The van der Waals surface area contributed by atoms with Gasteiger partial charge in [-0.2, -0.15) is 0 Å². The largest absolute Gasteiger partial charge is 1.00 e. The molecular weight excluding hydrogens is 191 g/mol. The minimum atomic E-state index is -1.43. The normalized spacial score (nSPS) is 9.33. The molecule has 0 aliphatic heterocycles. The predicted molar refractivity (Wildman–Crippen MR) is 44.1 cm³/mol. The summed E-state index contributed by atoms with van der Waals surface area (Å²) < 4.78 is 4.92. The van der Waals surface area contributed by atoms with E-state index in [0.717, 1.165) is 0 Å². The van der Waals surface area contributed by atoms with Gasteiger partial charge in [0.2, 0.25) is 5.89 Å². The molecule has 2 aromatic rings. The van der Waals surface area contributed by atoms with Crippen LogP contribution in [0.5, 0.6) is 0 Å². The molecule has 2 aromatic heterocycles. The van der Waals surface area contributed by atoms with E-state index in [1.165, 1.54) is 6.20 Å². The Bertz CT molecular complexity index is 455. The van der Waals surface area contributed by atoms with Crippen LogP contribution in [0.2, 0.25) is 0 Å². The van der Waals surface area contributed by atoms with Gasteiger partial charge in [0, 0.05) is 18.0 Å². The number of carboxylic acids is 1. The molecule has 0 aliphatic rings. The summed E-state index contributed by atoms with van der Waals surface area (Å²) in [5, 5.41) is 10.4. The van der Waals surface area contributed by atoms with Gasteiger partial charge < -0.3 is 14.3 Å². The van der Waals surface area contributed by atoms with Gasteiger partial charge in [-0.05, 0) is 12.1 Å². The molecule has 6 heteroatoms. The number of rotatable bonds is 2. The van der Waals surface area contributed by atoms with Crippen molar-refractivity contribution < 1.29 is 33.2 Å². The quantitative estimate of drug-likeness (QED) is 0.481. The summed E-state index contributed by atoms with van der Waals surface area (Å²) in [6.07, 6.45) is 4.49. The summed E-state index contributed by atoms with van der Waals surface area (Å²) in [5.74, 6) is -1.50. The number of oxazole rings is 1. The molecule has 0 saturated heterocycles. The van der Waals surface area contributed by atoms with E-state index < -0.39 is 11.9 Å². The first-order valence-electron chi connectivity index (χ1n) is 3.85. The Morgan fingerprint density at radius 2 is 2.20 bits per heavy atom. The van der Waals surface area contributed by atoms with E-state index in [1.807, 2.05) is 0 Å². The standard InChI is InChI=1S/C9H6N2O3.Li/c12-9(13)8-11-5-7(14-8)6-2-1-3-10-4-6;/h1-5H,(H,12,13);/q;+1/p-1. The zero-order valence-electron chi connectivity index (χ0n) is 8.01. The number of carbonyl (C=O) groups is 1. The van der Waals surface area contributed by atoms with Gasteiger partial charge in [-0.25, -0.2) is 4.98 Å². The molecule has 0 aliphatic carbocycles. The third-order valence-corrected chi connectivity index (χ3v) is 1.63. The van der Waals surface area contributed by atoms with Crippen molar-refractivity contribution in [3.8, 4) is 11.3 Å². The molecule has 0 N–H and O–H groups in total. The number of aromatic carboxylic acids is 1. The Labute approximate surface area is 97.3 Å². The van der Waals surface area contributed by atoms with Crippen LogP contribution in [0.3, 0.4) is 0 Å². The predicted octanol–water partition coefficient (Wildman–Crippen LogP) is -2.90. The molecule has 0 amide bonds. The van der Waals surface area contributed by atoms with Crippen LogP contribution in [0.4, 0.5) is 0 Å². The SMILES string of the molecule is O=C([O-])c1ncc(-c2cccnc2)o1.[Li+].